The van der Waals surface area contributed by atoms with Gasteiger partial charge in [0.1, 0.15) is 5.69 Å². The van der Waals surface area contributed by atoms with Crippen LogP contribution in [0, 0.1) is 17.0 Å². The molecule has 0 saturated carbocycles. The number of nitro benzene ring substituents is 1. The van der Waals surface area contributed by atoms with E-state index in [1.807, 2.05) is 0 Å². The number of aryl methyl sites for hydroxylation is 1. The Bertz CT molecular complexity index is 688. The summed E-state index contributed by atoms with van der Waals surface area (Å²) in [6.45, 7) is 1.66. The Hall–Kier alpha value is -2.41. The number of carboxylic acid groups (broad SMARTS) is 1. The Morgan fingerprint density at radius 1 is 1.30 bits per heavy atom. The molecule has 0 aliphatic carbocycles. The molecule has 1 heterocycles. The molecule has 2 aromatic rings. The summed E-state index contributed by atoms with van der Waals surface area (Å²) in [7, 11) is 0. The van der Waals surface area contributed by atoms with E-state index in [1.54, 1.807) is 25.1 Å². The smallest absolute Gasteiger partial charge is 0.354 e. The lowest BCUT2D eigenvalue weighted by Gasteiger charge is -2.04. The predicted octanol–water partition coefficient (Wildman–Crippen LogP) is 3.15. The Morgan fingerprint density at radius 3 is 2.60 bits per heavy atom. The van der Waals surface area contributed by atoms with Crippen LogP contribution in [0.3, 0.4) is 0 Å². The number of rotatable bonds is 4. The van der Waals surface area contributed by atoms with E-state index in [4.69, 9.17) is 5.11 Å². The van der Waals surface area contributed by atoms with Gasteiger partial charge in [0.2, 0.25) is 0 Å². The molecule has 0 atom stereocenters. The molecule has 6 nitrogen and oxygen atoms in total. The number of aromatic carboxylic acids is 1. The Morgan fingerprint density at radius 2 is 2.00 bits per heavy atom. The van der Waals surface area contributed by atoms with Crippen molar-refractivity contribution in [3.63, 3.8) is 0 Å². The van der Waals surface area contributed by atoms with Gasteiger partial charge in [-0.25, -0.2) is 9.78 Å². The van der Waals surface area contributed by atoms with Crippen molar-refractivity contribution < 1.29 is 14.8 Å². The molecule has 0 saturated heterocycles. The Labute approximate surface area is 118 Å². The zero-order valence-corrected chi connectivity index (χ0v) is 11.3. The molecule has 102 valence electrons. The van der Waals surface area contributed by atoms with Crippen LogP contribution in [0.15, 0.2) is 46.3 Å². The number of carboxylic acids is 1. The second-order valence-corrected chi connectivity index (χ2v) is 5.14. The van der Waals surface area contributed by atoms with E-state index < -0.39 is 10.9 Å². The largest absolute Gasteiger partial charge is 0.477 e. The highest BCUT2D eigenvalue weighted by molar-refractivity contribution is 7.99. The third-order valence-electron chi connectivity index (χ3n) is 2.55. The summed E-state index contributed by atoms with van der Waals surface area (Å²) in [5, 5.41) is 19.6. The topological polar surface area (TPSA) is 93.3 Å². The predicted molar refractivity (Wildman–Crippen MR) is 73.2 cm³/mol. The van der Waals surface area contributed by atoms with E-state index >= 15 is 0 Å². The van der Waals surface area contributed by atoms with Crippen LogP contribution >= 0.6 is 11.8 Å². The number of aromatic nitrogens is 1. The van der Waals surface area contributed by atoms with Crippen LogP contribution in [0.25, 0.3) is 0 Å². The van der Waals surface area contributed by atoms with Gasteiger partial charge in [-0.2, -0.15) is 0 Å². The number of hydrogen-bond donors (Lipinski definition) is 1. The van der Waals surface area contributed by atoms with Crippen molar-refractivity contribution in [2.75, 3.05) is 0 Å². The normalized spacial score (nSPS) is 10.2. The fourth-order valence-electron chi connectivity index (χ4n) is 1.62. The highest BCUT2D eigenvalue weighted by Gasteiger charge is 2.11. The molecule has 1 aromatic heterocycles. The number of carbonyl (C=O) groups is 1. The summed E-state index contributed by atoms with van der Waals surface area (Å²) in [4.78, 5) is 26.4. The molecule has 2 rings (SSSR count). The molecule has 0 spiro atoms. The SMILES string of the molecule is Cc1cc(Sc2ccnc(C(=O)O)c2)ccc1[N+](=O)[O-]. The maximum absolute atomic E-state index is 10.8. The number of pyridine rings is 1. The van der Waals surface area contributed by atoms with Crippen LogP contribution in [0.4, 0.5) is 5.69 Å². The first-order valence-corrected chi connectivity index (χ1v) is 6.41. The molecular formula is C13H10N2O4S. The van der Waals surface area contributed by atoms with Gasteiger partial charge in [-0.3, -0.25) is 10.1 Å². The Kier molecular flexibility index (Phi) is 3.99. The number of benzene rings is 1. The van der Waals surface area contributed by atoms with Gasteiger partial charge in [0.15, 0.2) is 0 Å². The van der Waals surface area contributed by atoms with Gasteiger partial charge in [0.25, 0.3) is 5.69 Å². The summed E-state index contributed by atoms with van der Waals surface area (Å²) >= 11 is 1.33. The van der Waals surface area contributed by atoms with Gasteiger partial charge in [0, 0.05) is 27.6 Å². The fourth-order valence-corrected chi connectivity index (χ4v) is 2.57. The van der Waals surface area contributed by atoms with E-state index in [0.29, 0.717) is 10.5 Å². The second-order valence-electron chi connectivity index (χ2n) is 3.99. The minimum Gasteiger partial charge on any atom is -0.477 e. The molecule has 0 aliphatic rings. The quantitative estimate of drug-likeness (QED) is 0.686. The van der Waals surface area contributed by atoms with E-state index in [1.165, 1.54) is 30.1 Å². The van der Waals surface area contributed by atoms with Crippen LogP contribution in [-0.4, -0.2) is 21.0 Å². The van der Waals surface area contributed by atoms with Crippen molar-refractivity contribution in [3.8, 4) is 0 Å². The van der Waals surface area contributed by atoms with Gasteiger partial charge >= 0.3 is 5.97 Å². The minimum absolute atomic E-state index is 0.0337. The lowest BCUT2D eigenvalue weighted by Crippen LogP contribution is -1.99. The molecule has 7 heteroatoms. The van der Waals surface area contributed by atoms with Gasteiger partial charge in [0.05, 0.1) is 4.92 Å². The van der Waals surface area contributed by atoms with Crippen molar-refractivity contribution in [2.45, 2.75) is 16.7 Å². The first-order chi connectivity index (χ1) is 9.47. The molecule has 1 aromatic carbocycles. The number of nitrogens with zero attached hydrogens (tertiary/aromatic N) is 2. The molecule has 0 radical (unpaired) electrons. The molecule has 0 fully saturated rings. The van der Waals surface area contributed by atoms with Crippen LogP contribution in [-0.2, 0) is 0 Å². The van der Waals surface area contributed by atoms with Crippen molar-refractivity contribution >= 4 is 23.4 Å². The zero-order valence-electron chi connectivity index (χ0n) is 10.4. The van der Waals surface area contributed by atoms with Crippen LogP contribution in [0.1, 0.15) is 16.1 Å². The van der Waals surface area contributed by atoms with Gasteiger partial charge in [-0.1, -0.05) is 11.8 Å². The fraction of sp³-hybridized carbons (Fsp3) is 0.0769. The Balaban J connectivity index is 2.26. The molecule has 0 amide bonds. The van der Waals surface area contributed by atoms with Gasteiger partial charge < -0.3 is 5.11 Å². The third-order valence-corrected chi connectivity index (χ3v) is 3.53. The van der Waals surface area contributed by atoms with Crippen LogP contribution in [0.5, 0.6) is 0 Å². The minimum atomic E-state index is -1.09. The van der Waals surface area contributed by atoms with Gasteiger partial charge in [-0.05, 0) is 31.2 Å². The monoisotopic (exact) mass is 290 g/mol. The molecular weight excluding hydrogens is 280 g/mol. The zero-order chi connectivity index (χ0) is 14.7. The lowest BCUT2D eigenvalue weighted by molar-refractivity contribution is -0.385. The summed E-state index contributed by atoms with van der Waals surface area (Å²) < 4.78 is 0. The van der Waals surface area contributed by atoms with Crippen LogP contribution < -0.4 is 0 Å². The summed E-state index contributed by atoms with van der Waals surface area (Å²) in [6, 6.07) is 7.93. The highest BCUT2D eigenvalue weighted by atomic mass is 32.2. The maximum atomic E-state index is 10.8. The van der Waals surface area contributed by atoms with Crippen molar-refractivity contribution in [3.05, 3.63) is 57.9 Å². The number of hydrogen-bond acceptors (Lipinski definition) is 5. The molecule has 0 unspecified atom stereocenters. The standard InChI is InChI=1S/C13H10N2O4S/c1-8-6-9(2-3-12(8)15(18)19)20-10-4-5-14-11(7-10)13(16)17/h2-7H,1H3,(H,16,17). The lowest BCUT2D eigenvalue weighted by atomic mass is 10.2. The summed E-state index contributed by atoms with van der Waals surface area (Å²) in [6.07, 6.45) is 1.42. The second kappa shape index (κ2) is 5.70. The first kappa shape index (κ1) is 14.0. The average molecular weight is 290 g/mol. The highest BCUT2D eigenvalue weighted by Crippen LogP contribution is 2.31. The number of nitro groups is 1. The summed E-state index contributed by atoms with van der Waals surface area (Å²) in [5.41, 5.74) is 0.594. The molecule has 1 N–H and O–H groups in total. The molecule has 20 heavy (non-hydrogen) atoms. The molecule has 0 aliphatic heterocycles. The molecule has 0 bridgehead atoms. The summed E-state index contributed by atoms with van der Waals surface area (Å²) in [5.74, 6) is -1.09. The van der Waals surface area contributed by atoms with E-state index in [9.17, 15) is 14.9 Å². The van der Waals surface area contributed by atoms with Crippen molar-refractivity contribution in [1.82, 2.24) is 4.98 Å². The average Bonchev–Trinajstić information content (AvgIpc) is 2.38. The van der Waals surface area contributed by atoms with E-state index in [-0.39, 0.29) is 11.4 Å². The van der Waals surface area contributed by atoms with E-state index in [0.717, 1.165) is 4.90 Å². The maximum Gasteiger partial charge on any atom is 0.354 e. The van der Waals surface area contributed by atoms with Crippen LogP contribution in [0.2, 0.25) is 0 Å². The first-order valence-electron chi connectivity index (χ1n) is 5.59. The third kappa shape index (κ3) is 3.12. The van der Waals surface area contributed by atoms with Crippen molar-refractivity contribution in [2.24, 2.45) is 0 Å². The van der Waals surface area contributed by atoms with Crippen molar-refractivity contribution in [1.29, 1.82) is 0 Å². The van der Waals surface area contributed by atoms with Gasteiger partial charge in [-0.15, -0.1) is 0 Å². The van der Waals surface area contributed by atoms with E-state index in [2.05, 4.69) is 4.98 Å².